The molecule has 1 atom stereocenters. The highest BCUT2D eigenvalue weighted by atomic mass is 16.3. The summed E-state index contributed by atoms with van der Waals surface area (Å²) in [5.74, 6) is 0.476. The Hall–Kier alpha value is -0.870. The molecule has 1 aliphatic heterocycles. The largest absolute Gasteiger partial charge is 0.396 e. The summed E-state index contributed by atoms with van der Waals surface area (Å²) in [6.45, 7) is 8.66. The highest BCUT2D eigenvalue weighted by molar-refractivity contribution is 5.06. The summed E-state index contributed by atoms with van der Waals surface area (Å²) in [7, 11) is 0. The third-order valence-electron chi connectivity index (χ3n) is 3.59. The monoisotopic (exact) mass is 237 g/mol. The molecule has 4 heteroatoms. The smallest absolute Gasteiger partial charge is 0.0596 e. The number of rotatable bonds is 4. The Morgan fingerprint density at radius 2 is 2.24 bits per heavy atom. The van der Waals surface area contributed by atoms with Gasteiger partial charge in [0.15, 0.2) is 0 Å². The Kier molecular flexibility index (Phi) is 4.18. The van der Waals surface area contributed by atoms with Crippen molar-refractivity contribution in [3.05, 3.63) is 17.5 Å². The molecule has 1 unspecified atom stereocenters. The van der Waals surface area contributed by atoms with E-state index in [0.717, 1.165) is 31.9 Å². The number of hydrogen-bond donors (Lipinski definition) is 1. The van der Waals surface area contributed by atoms with Gasteiger partial charge in [-0.25, -0.2) is 0 Å². The third-order valence-corrected chi connectivity index (χ3v) is 3.59. The lowest BCUT2D eigenvalue weighted by molar-refractivity contribution is 0.117. The Morgan fingerprint density at radius 3 is 2.88 bits per heavy atom. The van der Waals surface area contributed by atoms with Crippen LogP contribution in [0.3, 0.4) is 0 Å². The van der Waals surface area contributed by atoms with Gasteiger partial charge in [0.2, 0.25) is 0 Å². The van der Waals surface area contributed by atoms with Crippen LogP contribution in [0.2, 0.25) is 0 Å². The lowest BCUT2D eigenvalue weighted by atomic mass is 9.99. The Balaban J connectivity index is 1.83. The molecule has 2 rings (SSSR count). The average Bonchev–Trinajstić information content (AvgIpc) is 2.65. The highest BCUT2D eigenvalue weighted by Crippen LogP contribution is 2.15. The zero-order chi connectivity index (χ0) is 12.3. The topological polar surface area (TPSA) is 41.3 Å². The normalized spacial score (nSPS) is 21.9. The van der Waals surface area contributed by atoms with Crippen LogP contribution in [0.1, 0.15) is 24.2 Å². The van der Waals surface area contributed by atoms with Crippen LogP contribution in [-0.4, -0.2) is 46.0 Å². The molecule has 0 amide bonds. The first-order chi connectivity index (χ1) is 8.19. The van der Waals surface area contributed by atoms with Gasteiger partial charge in [-0.1, -0.05) is 0 Å². The zero-order valence-electron chi connectivity index (χ0n) is 10.9. The van der Waals surface area contributed by atoms with E-state index >= 15 is 0 Å². The first-order valence-electron chi connectivity index (χ1n) is 6.53. The van der Waals surface area contributed by atoms with Gasteiger partial charge in [0.05, 0.1) is 12.2 Å². The summed E-state index contributed by atoms with van der Waals surface area (Å²) in [5, 5.41) is 13.7. The summed E-state index contributed by atoms with van der Waals surface area (Å²) in [5.41, 5.74) is 2.33. The van der Waals surface area contributed by atoms with E-state index in [1.54, 1.807) is 0 Å². The standard InChI is InChI=1S/C13H23N3O/c1-11-8-12(2)16(14-11)7-6-15-5-3-4-13(9-15)10-17/h8,13,17H,3-7,9-10H2,1-2H3. The summed E-state index contributed by atoms with van der Waals surface area (Å²) >= 11 is 0. The first-order valence-corrected chi connectivity index (χ1v) is 6.53. The minimum Gasteiger partial charge on any atom is -0.396 e. The molecule has 1 fully saturated rings. The van der Waals surface area contributed by atoms with E-state index in [-0.39, 0.29) is 0 Å². The van der Waals surface area contributed by atoms with Crippen molar-refractivity contribution in [2.45, 2.75) is 33.2 Å². The molecule has 0 spiro atoms. The molecule has 1 aliphatic rings. The molecule has 0 aromatic carbocycles. The maximum Gasteiger partial charge on any atom is 0.0596 e. The molecular weight excluding hydrogens is 214 g/mol. The van der Waals surface area contributed by atoms with Crippen molar-refractivity contribution in [1.29, 1.82) is 0 Å². The van der Waals surface area contributed by atoms with Gasteiger partial charge in [-0.3, -0.25) is 4.68 Å². The van der Waals surface area contributed by atoms with Crippen LogP contribution in [0, 0.1) is 19.8 Å². The number of aliphatic hydroxyl groups is 1. The van der Waals surface area contributed by atoms with E-state index in [9.17, 15) is 5.11 Å². The van der Waals surface area contributed by atoms with Crippen molar-refractivity contribution < 1.29 is 5.11 Å². The summed E-state index contributed by atoms with van der Waals surface area (Å²) in [6.07, 6.45) is 2.38. The van der Waals surface area contributed by atoms with Crippen LogP contribution in [-0.2, 0) is 6.54 Å². The Morgan fingerprint density at radius 1 is 1.41 bits per heavy atom. The van der Waals surface area contributed by atoms with E-state index in [1.807, 2.05) is 6.92 Å². The fourth-order valence-corrected chi connectivity index (χ4v) is 2.64. The minimum absolute atomic E-state index is 0.330. The molecular formula is C13H23N3O. The van der Waals surface area contributed by atoms with Crippen LogP contribution < -0.4 is 0 Å². The minimum atomic E-state index is 0.330. The predicted octanol–water partition coefficient (Wildman–Crippen LogP) is 1.20. The Labute approximate surface area is 103 Å². The lowest BCUT2D eigenvalue weighted by Gasteiger charge is -2.31. The number of nitrogens with zero attached hydrogens (tertiary/aromatic N) is 3. The van der Waals surface area contributed by atoms with Crippen molar-refractivity contribution in [3.8, 4) is 0 Å². The van der Waals surface area contributed by atoms with Gasteiger partial charge in [-0.15, -0.1) is 0 Å². The molecule has 0 bridgehead atoms. The van der Waals surface area contributed by atoms with Gasteiger partial charge < -0.3 is 10.0 Å². The molecule has 4 nitrogen and oxygen atoms in total. The number of likely N-dealkylation sites (tertiary alicyclic amines) is 1. The van der Waals surface area contributed by atoms with Crippen molar-refractivity contribution in [1.82, 2.24) is 14.7 Å². The number of hydrogen-bond acceptors (Lipinski definition) is 3. The van der Waals surface area contributed by atoms with Crippen LogP contribution in [0.25, 0.3) is 0 Å². The summed E-state index contributed by atoms with van der Waals surface area (Å²) < 4.78 is 2.08. The van der Waals surface area contributed by atoms with E-state index in [0.29, 0.717) is 12.5 Å². The molecule has 1 N–H and O–H groups in total. The number of aromatic nitrogens is 2. The van der Waals surface area contributed by atoms with Crippen LogP contribution in [0.5, 0.6) is 0 Å². The van der Waals surface area contributed by atoms with Crippen molar-refractivity contribution in [2.75, 3.05) is 26.2 Å². The van der Waals surface area contributed by atoms with Crippen molar-refractivity contribution >= 4 is 0 Å². The number of piperidine rings is 1. The number of aryl methyl sites for hydroxylation is 2. The van der Waals surface area contributed by atoms with E-state index in [2.05, 4.69) is 27.7 Å². The molecule has 96 valence electrons. The quantitative estimate of drug-likeness (QED) is 0.855. The second kappa shape index (κ2) is 5.65. The Bertz CT molecular complexity index is 362. The lowest BCUT2D eigenvalue weighted by Crippen LogP contribution is -2.38. The fraction of sp³-hybridized carbons (Fsp3) is 0.769. The van der Waals surface area contributed by atoms with Crippen molar-refractivity contribution in [3.63, 3.8) is 0 Å². The van der Waals surface area contributed by atoms with Crippen LogP contribution in [0.4, 0.5) is 0 Å². The second-order valence-corrected chi connectivity index (χ2v) is 5.14. The van der Waals surface area contributed by atoms with E-state index < -0.39 is 0 Å². The highest BCUT2D eigenvalue weighted by Gasteiger charge is 2.18. The van der Waals surface area contributed by atoms with Gasteiger partial charge in [0.1, 0.15) is 0 Å². The molecule has 1 aromatic heterocycles. The number of aliphatic hydroxyl groups excluding tert-OH is 1. The van der Waals surface area contributed by atoms with Gasteiger partial charge >= 0.3 is 0 Å². The SMILES string of the molecule is Cc1cc(C)n(CCN2CCCC(CO)C2)n1. The van der Waals surface area contributed by atoms with Crippen molar-refractivity contribution in [2.24, 2.45) is 5.92 Å². The summed E-state index contributed by atoms with van der Waals surface area (Å²) in [4.78, 5) is 2.45. The predicted molar refractivity (Wildman–Crippen MR) is 68.0 cm³/mol. The van der Waals surface area contributed by atoms with E-state index in [1.165, 1.54) is 18.5 Å². The average molecular weight is 237 g/mol. The zero-order valence-corrected chi connectivity index (χ0v) is 10.9. The molecule has 17 heavy (non-hydrogen) atoms. The molecule has 0 radical (unpaired) electrons. The van der Waals surface area contributed by atoms with Gasteiger partial charge in [-0.05, 0) is 45.2 Å². The molecule has 0 saturated carbocycles. The van der Waals surface area contributed by atoms with Gasteiger partial charge in [0, 0.05) is 25.4 Å². The van der Waals surface area contributed by atoms with Crippen LogP contribution >= 0.6 is 0 Å². The molecule has 1 aromatic rings. The van der Waals surface area contributed by atoms with E-state index in [4.69, 9.17) is 0 Å². The second-order valence-electron chi connectivity index (χ2n) is 5.14. The first kappa shape index (κ1) is 12.6. The molecule has 0 aliphatic carbocycles. The van der Waals surface area contributed by atoms with Gasteiger partial charge in [-0.2, -0.15) is 5.10 Å². The summed E-state index contributed by atoms with van der Waals surface area (Å²) in [6, 6.07) is 2.12. The molecule has 1 saturated heterocycles. The maximum absolute atomic E-state index is 9.20. The van der Waals surface area contributed by atoms with Crippen LogP contribution in [0.15, 0.2) is 6.07 Å². The van der Waals surface area contributed by atoms with Gasteiger partial charge in [0.25, 0.3) is 0 Å². The third kappa shape index (κ3) is 3.30. The molecule has 2 heterocycles. The fourth-order valence-electron chi connectivity index (χ4n) is 2.64. The maximum atomic E-state index is 9.20.